The van der Waals surface area contributed by atoms with E-state index in [-0.39, 0.29) is 0 Å². The molecular formula is C19H26O5. The van der Waals surface area contributed by atoms with Gasteiger partial charge in [-0.1, -0.05) is 50.6 Å². The van der Waals surface area contributed by atoms with Crippen LogP contribution in [0.3, 0.4) is 0 Å². The molecule has 0 aromatic heterocycles. The molecule has 0 heterocycles. The van der Waals surface area contributed by atoms with Crippen LogP contribution in [0.25, 0.3) is 0 Å². The second-order valence-electron chi connectivity index (χ2n) is 6.24. The van der Waals surface area contributed by atoms with Crippen LogP contribution in [0, 0.1) is 5.92 Å². The highest BCUT2D eigenvalue weighted by atomic mass is 16.5. The number of ether oxygens (including phenoxy) is 1. The summed E-state index contributed by atoms with van der Waals surface area (Å²) in [5, 5.41) is 9.46. The van der Waals surface area contributed by atoms with E-state index >= 15 is 0 Å². The Labute approximate surface area is 143 Å². The Kier molecular flexibility index (Phi) is 7.14. The first kappa shape index (κ1) is 19.9. The summed E-state index contributed by atoms with van der Waals surface area (Å²) in [6.45, 7) is 7.10. The number of aliphatic carboxylic acids is 1. The van der Waals surface area contributed by atoms with Crippen molar-refractivity contribution in [2.75, 3.05) is 0 Å². The van der Waals surface area contributed by atoms with Gasteiger partial charge < -0.3 is 9.84 Å². The lowest BCUT2D eigenvalue weighted by Crippen LogP contribution is -2.45. The maximum Gasteiger partial charge on any atom is 0.328 e. The van der Waals surface area contributed by atoms with Gasteiger partial charge in [-0.3, -0.25) is 14.4 Å². The highest BCUT2D eigenvalue weighted by Gasteiger charge is 2.46. The van der Waals surface area contributed by atoms with Gasteiger partial charge >= 0.3 is 11.9 Å². The first-order valence-electron chi connectivity index (χ1n) is 8.31. The van der Waals surface area contributed by atoms with Gasteiger partial charge in [-0.2, -0.15) is 0 Å². The number of carboxylic acid groups (broad SMARTS) is 1. The number of Topliss-reactive ketones (excluding diaryl/α,β-unsaturated/α-hetero) is 1. The molecule has 0 aliphatic heterocycles. The van der Waals surface area contributed by atoms with E-state index in [4.69, 9.17) is 4.74 Å². The molecule has 1 rings (SSSR count). The number of carboxylic acids is 1. The molecule has 1 aromatic carbocycles. The van der Waals surface area contributed by atoms with Gasteiger partial charge in [-0.15, -0.1) is 0 Å². The molecule has 3 atom stereocenters. The topological polar surface area (TPSA) is 80.7 Å². The van der Waals surface area contributed by atoms with Gasteiger partial charge in [0.05, 0.1) is 11.5 Å². The average molecular weight is 334 g/mol. The van der Waals surface area contributed by atoms with Gasteiger partial charge in [0.2, 0.25) is 5.92 Å². The summed E-state index contributed by atoms with van der Waals surface area (Å²) in [5.74, 6) is -4.89. The summed E-state index contributed by atoms with van der Waals surface area (Å²) < 4.78 is 5.11. The number of hydrogen-bond acceptors (Lipinski definition) is 4. The lowest BCUT2D eigenvalue weighted by atomic mass is 9.71. The Balaban J connectivity index is 3.23. The standard InChI is InChI=1S/C19H26O5/c1-5-12-19(4,14-10-8-7-9-11-14)16(20)15(17(21)22)18(23)24-13(3)6-2/h7-11,13,15H,5-6,12H2,1-4H3,(H,21,22). The third-order valence-electron chi connectivity index (χ3n) is 4.34. The van der Waals surface area contributed by atoms with Gasteiger partial charge in [0.1, 0.15) is 0 Å². The zero-order valence-corrected chi connectivity index (χ0v) is 14.7. The minimum Gasteiger partial charge on any atom is -0.480 e. The molecule has 0 bridgehead atoms. The zero-order valence-electron chi connectivity index (χ0n) is 14.7. The highest BCUT2D eigenvalue weighted by Crippen LogP contribution is 2.33. The van der Waals surface area contributed by atoms with Crippen molar-refractivity contribution in [1.82, 2.24) is 0 Å². The van der Waals surface area contributed by atoms with E-state index in [9.17, 15) is 19.5 Å². The van der Waals surface area contributed by atoms with Crippen LogP contribution in [0.2, 0.25) is 0 Å². The normalized spacial score (nSPS) is 15.8. The fourth-order valence-electron chi connectivity index (χ4n) is 2.70. The zero-order chi connectivity index (χ0) is 18.3. The Morgan fingerprint density at radius 1 is 1.17 bits per heavy atom. The highest BCUT2D eigenvalue weighted by molar-refractivity contribution is 6.17. The maximum atomic E-state index is 13.0. The van der Waals surface area contributed by atoms with Gasteiger partial charge in [0.25, 0.3) is 0 Å². The first-order valence-corrected chi connectivity index (χ1v) is 8.31. The minimum atomic E-state index is -1.81. The molecule has 0 spiro atoms. The van der Waals surface area contributed by atoms with Crippen LogP contribution >= 0.6 is 0 Å². The first-order chi connectivity index (χ1) is 11.3. The predicted octanol–water partition coefficient (Wildman–Crippen LogP) is 3.36. The molecular weight excluding hydrogens is 308 g/mol. The van der Waals surface area contributed by atoms with Crippen molar-refractivity contribution in [3.05, 3.63) is 35.9 Å². The summed E-state index contributed by atoms with van der Waals surface area (Å²) in [4.78, 5) is 36.9. The van der Waals surface area contributed by atoms with Crippen LogP contribution in [0.5, 0.6) is 0 Å². The maximum absolute atomic E-state index is 13.0. The van der Waals surface area contributed by atoms with Crippen molar-refractivity contribution in [2.24, 2.45) is 5.92 Å². The smallest absolute Gasteiger partial charge is 0.328 e. The Morgan fingerprint density at radius 2 is 1.75 bits per heavy atom. The van der Waals surface area contributed by atoms with Crippen molar-refractivity contribution >= 4 is 17.7 Å². The Bertz CT molecular complexity index is 581. The number of hydrogen-bond donors (Lipinski definition) is 1. The number of carbonyl (C=O) groups excluding carboxylic acids is 2. The minimum absolute atomic E-state index is 0.429. The SMILES string of the molecule is CCCC(C)(C(=O)C(C(=O)O)C(=O)OC(C)CC)c1ccccc1. The molecule has 3 unspecified atom stereocenters. The van der Waals surface area contributed by atoms with Crippen molar-refractivity contribution in [2.45, 2.75) is 58.5 Å². The molecule has 1 aromatic rings. The van der Waals surface area contributed by atoms with E-state index < -0.39 is 35.2 Å². The molecule has 132 valence electrons. The van der Waals surface area contributed by atoms with Crippen molar-refractivity contribution in [1.29, 1.82) is 0 Å². The van der Waals surface area contributed by atoms with Crippen LogP contribution in [0.15, 0.2) is 30.3 Å². The van der Waals surface area contributed by atoms with Crippen LogP contribution in [-0.4, -0.2) is 28.9 Å². The molecule has 0 radical (unpaired) electrons. The van der Waals surface area contributed by atoms with E-state index in [0.717, 1.165) is 0 Å². The van der Waals surface area contributed by atoms with Crippen LogP contribution in [-0.2, 0) is 24.5 Å². The third-order valence-corrected chi connectivity index (χ3v) is 4.34. The molecule has 0 aliphatic rings. The molecule has 24 heavy (non-hydrogen) atoms. The molecule has 0 amide bonds. The lowest BCUT2D eigenvalue weighted by molar-refractivity contribution is -0.165. The molecule has 0 aliphatic carbocycles. The Hall–Kier alpha value is -2.17. The van der Waals surface area contributed by atoms with Gasteiger partial charge in [0.15, 0.2) is 5.78 Å². The van der Waals surface area contributed by atoms with E-state index in [2.05, 4.69) is 0 Å². The second-order valence-corrected chi connectivity index (χ2v) is 6.24. The summed E-state index contributed by atoms with van der Waals surface area (Å²) in [5.41, 5.74) is -0.340. The molecule has 0 saturated carbocycles. The van der Waals surface area contributed by atoms with Gasteiger partial charge in [0, 0.05) is 0 Å². The summed E-state index contributed by atoms with van der Waals surface area (Å²) >= 11 is 0. The molecule has 1 N–H and O–H groups in total. The van der Waals surface area contributed by atoms with Crippen molar-refractivity contribution in [3.63, 3.8) is 0 Å². The fourth-order valence-corrected chi connectivity index (χ4v) is 2.70. The summed E-state index contributed by atoms with van der Waals surface area (Å²) in [6.07, 6.45) is 1.26. The average Bonchev–Trinajstić information content (AvgIpc) is 2.55. The monoisotopic (exact) mass is 334 g/mol. The molecule has 0 fully saturated rings. The molecule has 0 saturated heterocycles. The number of benzene rings is 1. The van der Waals surface area contributed by atoms with Crippen LogP contribution in [0.1, 0.15) is 52.5 Å². The number of ketones is 1. The van der Waals surface area contributed by atoms with Gasteiger partial charge in [-0.25, -0.2) is 0 Å². The second kappa shape index (κ2) is 8.62. The number of esters is 1. The van der Waals surface area contributed by atoms with E-state index in [1.807, 2.05) is 19.9 Å². The summed E-state index contributed by atoms with van der Waals surface area (Å²) in [6, 6.07) is 8.98. The van der Waals surface area contributed by atoms with Gasteiger partial charge in [-0.05, 0) is 32.3 Å². The fraction of sp³-hybridized carbons (Fsp3) is 0.526. The van der Waals surface area contributed by atoms with Crippen LogP contribution in [0.4, 0.5) is 0 Å². The lowest BCUT2D eigenvalue weighted by Gasteiger charge is -2.30. The third kappa shape index (κ3) is 4.43. The predicted molar refractivity (Wildman–Crippen MR) is 90.7 cm³/mol. The quantitative estimate of drug-likeness (QED) is 0.553. The molecule has 5 nitrogen and oxygen atoms in total. The summed E-state index contributed by atoms with van der Waals surface area (Å²) in [7, 11) is 0. The van der Waals surface area contributed by atoms with Crippen molar-refractivity contribution in [3.8, 4) is 0 Å². The largest absolute Gasteiger partial charge is 0.480 e. The van der Waals surface area contributed by atoms with E-state index in [1.54, 1.807) is 38.1 Å². The molecule has 5 heteroatoms. The number of carbonyl (C=O) groups is 3. The van der Waals surface area contributed by atoms with Crippen LogP contribution < -0.4 is 0 Å². The Morgan fingerprint density at radius 3 is 2.21 bits per heavy atom. The van der Waals surface area contributed by atoms with Crippen molar-refractivity contribution < 1.29 is 24.2 Å². The number of rotatable bonds is 9. The van der Waals surface area contributed by atoms with E-state index in [0.29, 0.717) is 24.8 Å². The van der Waals surface area contributed by atoms with E-state index in [1.165, 1.54) is 0 Å².